The highest BCUT2D eigenvalue weighted by atomic mass is 16.5. The maximum atomic E-state index is 5.77. The van der Waals surface area contributed by atoms with Gasteiger partial charge in [-0.2, -0.15) is 0 Å². The second-order valence-corrected chi connectivity index (χ2v) is 5.54. The van der Waals surface area contributed by atoms with Gasteiger partial charge in [-0.05, 0) is 18.6 Å². The summed E-state index contributed by atoms with van der Waals surface area (Å²) in [6.07, 6.45) is 2.17. The summed E-state index contributed by atoms with van der Waals surface area (Å²) in [5, 5.41) is 0. The van der Waals surface area contributed by atoms with Crippen LogP contribution in [0.15, 0.2) is 36.4 Å². The van der Waals surface area contributed by atoms with Gasteiger partial charge in [0.25, 0.3) is 0 Å². The highest BCUT2D eigenvalue weighted by molar-refractivity contribution is 5.83. The fourth-order valence-corrected chi connectivity index (χ4v) is 2.54. The smallest absolute Gasteiger partial charge is 0.163 e. The van der Waals surface area contributed by atoms with Crippen LogP contribution in [0.3, 0.4) is 0 Å². The normalized spacial score (nSPS) is 10.8. The summed E-state index contributed by atoms with van der Waals surface area (Å²) in [6, 6.07) is 11.7. The zero-order chi connectivity index (χ0) is 16.9. The Kier molecular flexibility index (Phi) is 4.89. The number of imidazole rings is 1. The Bertz CT molecular complexity index is 786. The first-order chi connectivity index (χ1) is 11.7. The molecule has 3 rings (SSSR count). The third-order valence-corrected chi connectivity index (χ3v) is 3.86. The molecule has 0 radical (unpaired) electrons. The van der Waals surface area contributed by atoms with Crippen molar-refractivity contribution < 1.29 is 14.2 Å². The molecule has 0 bridgehead atoms. The second kappa shape index (κ2) is 7.25. The van der Waals surface area contributed by atoms with E-state index in [0.29, 0.717) is 11.5 Å². The van der Waals surface area contributed by atoms with Gasteiger partial charge in [0.1, 0.15) is 11.6 Å². The molecule has 1 aromatic heterocycles. The predicted molar refractivity (Wildman–Crippen MR) is 95.0 cm³/mol. The van der Waals surface area contributed by atoms with Gasteiger partial charge in [0.15, 0.2) is 11.5 Å². The summed E-state index contributed by atoms with van der Waals surface area (Å²) in [7, 11) is 3.24. The highest BCUT2D eigenvalue weighted by Gasteiger charge is 2.11. The van der Waals surface area contributed by atoms with E-state index in [9.17, 15) is 0 Å². The number of hydrogen-bond acceptors (Lipinski definition) is 4. The van der Waals surface area contributed by atoms with Crippen LogP contribution in [0.2, 0.25) is 0 Å². The second-order valence-electron chi connectivity index (χ2n) is 5.54. The molecule has 3 aromatic rings. The van der Waals surface area contributed by atoms with Gasteiger partial charge in [-0.15, -0.1) is 0 Å². The summed E-state index contributed by atoms with van der Waals surface area (Å²) in [5.74, 6) is 2.99. The topological polar surface area (TPSA) is 56.4 Å². The SMILES string of the molecule is CCCCOc1cccc(-c2nc3cc(OC)c(OC)cc3[nH]2)c1. The first-order valence-corrected chi connectivity index (χ1v) is 8.10. The van der Waals surface area contributed by atoms with Crippen LogP contribution < -0.4 is 14.2 Å². The van der Waals surface area contributed by atoms with E-state index in [2.05, 4.69) is 16.9 Å². The van der Waals surface area contributed by atoms with E-state index in [1.807, 2.05) is 36.4 Å². The van der Waals surface area contributed by atoms with Crippen LogP contribution in [0.4, 0.5) is 0 Å². The summed E-state index contributed by atoms with van der Waals surface area (Å²) >= 11 is 0. The van der Waals surface area contributed by atoms with Gasteiger partial charge in [0.05, 0.1) is 31.9 Å². The van der Waals surface area contributed by atoms with E-state index in [1.54, 1.807) is 14.2 Å². The summed E-state index contributed by atoms with van der Waals surface area (Å²) < 4.78 is 16.4. The zero-order valence-corrected chi connectivity index (χ0v) is 14.3. The zero-order valence-electron chi connectivity index (χ0n) is 14.3. The standard InChI is InChI=1S/C19H22N2O3/c1-4-5-9-24-14-8-6-7-13(10-14)19-20-15-11-17(22-2)18(23-3)12-16(15)21-19/h6-8,10-12H,4-5,9H2,1-3H3,(H,20,21). The van der Waals surface area contributed by atoms with Crippen LogP contribution in [0.1, 0.15) is 19.8 Å². The van der Waals surface area contributed by atoms with Gasteiger partial charge in [-0.25, -0.2) is 4.98 Å². The number of hydrogen-bond donors (Lipinski definition) is 1. The number of ether oxygens (including phenoxy) is 3. The number of nitrogens with zero attached hydrogens (tertiary/aromatic N) is 1. The lowest BCUT2D eigenvalue weighted by Gasteiger charge is -2.06. The lowest BCUT2D eigenvalue weighted by atomic mass is 10.2. The number of benzene rings is 2. The molecular weight excluding hydrogens is 304 g/mol. The average Bonchev–Trinajstić information content (AvgIpc) is 3.04. The molecule has 1 N–H and O–H groups in total. The van der Waals surface area contributed by atoms with E-state index >= 15 is 0 Å². The number of nitrogens with one attached hydrogen (secondary N) is 1. The molecule has 0 amide bonds. The number of methoxy groups -OCH3 is 2. The molecule has 5 heteroatoms. The van der Waals surface area contributed by atoms with Gasteiger partial charge < -0.3 is 19.2 Å². The number of rotatable bonds is 7. The predicted octanol–water partition coefficient (Wildman–Crippen LogP) is 4.43. The minimum atomic E-state index is 0.666. The number of unbranched alkanes of at least 4 members (excludes halogenated alkanes) is 1. The molecule has 0 aliphatic rings. The maximum Gasteiger partial charge on any atom is 0.163 e. The van der Waals surface area contributed by atoms with Crippen molar-refractivity contribution >= 4 is 11.0 Å². The Morgan fingerprint density at radius 2 is 1.83 bits per heavy atom. The van der Waals surface area contributed by atoms with Crippen LogP contribution in [-0.2, 0) is 0 Å². The molecule has 24 heavy (non-hydrogen) atoms. The molecule has 0 atom stereocenters. The van der Waals surface area contributed by atoms with E-state index in [1.165, 1.54) is 0 Å². The molecule has 0 aliphatic heterocycles. The number of fused-ring (bicyclic) bond motifs is 1. The molecule has 0 aliphatic carbocycles. The lowest BCUT2D eigenvalue weighted by Crippen LogP contribution is -1.96. The van der Waals surface area contributed by atoms with Crippen LogP contribution in [-0.4, -0.2) is 30.8 Å². The van der Waals surface area contributed by atoms with Crippen molar-refractivity contribution in [2.24, 2.45) is 0 Å². The molecule has 5 nitrogen and oxygen atoms in total. The molecule has 1 heterocycles. The van der Waals surface area contributed by atoms with Gasteiger partial charge in [0, 0.05) is 17.7 Å². The molecule has 0 fully saturated rings. The molecular formula is C19H22N2O3. The van der Waals surface area contributed by atoms with E-state index in [4.69, 9.17) is 14.2 Å². The van der Waals surface area contributed by atoms with Crippen molar-refractivity contribution in [3.8, 4) is 28.6 Å². The van der Waals surface area contributed by atoms with Crippen molar-refractivity contribution in [1.29, 1.82) is 0 Å². The third kappa shape index (κ3) is 3.30. The minimum absolute atomic E-state index is 0.666. The highest BCUT2D eigenvalue weighted by Crippen LogP contribution is 2.33. The fraction of sp³-hybridized carbons (Fsp3) is 0.316. The van der Waals surface area contributed by atoms with E-state index in [0.717, 1.165) is 47.6 Å². The summed E-state index contributed by atoms with van der Waals surface area (Å²) in [5.41, 5.74) is 2.72. The molecule has 0 saturated carbocycles. The first-order valence-electron chi connectivity index (χ1n) is 8.10. The van der Waals surface area contributed by atoms with Crippen molar-refractivity contribution in [2.45, 2.75) is 19.8 Å². The van der Waals surface area contributed by atoms with Gasteiger partial charge in [-0.3, -0.25) is 0 Å². The third-order valence-electron chi connectivity index (χ3n) is 3.86. The number of aromatic nitrogens is 2. The van der Waals surface area contributed by atoms with Crippen LogP contribution >= 0.6 is 0 Å². The Balaban J connectivity index is 1.93. The molecule has 2 aromatic carbocycles. The van der Waals surface area contributed by atoms with Crippen molar-refractivity contribution in [2.75, 3.05) is 20.8 Å². The van der Waals surface area contributed by atoms with E-state index in [-0.39, 0.29) is 0 Å². The summed E-state index contributed by atoms with van der Waals surface area (Å²) in [6.45, 7) is 2.88. The van der Waals surface area contributed by atoms with Crippen LogP contribution in [0.5, 0.6) is 17.2 Å². The Labute approximate surface area is 141 Å². The average molecular weight is 326 g/mol. The van der Waals surface area contributed by atoms with Gasteiger partial charge >= 0.3 is 0 Å². The van der Waals surface area contributed by atoms with Gasteiger partial charge in [-0.1, -0.05) is 25.5 Å². The molecule has 0 spiro atoms. The Morgan fingerprint density at radius 1 is 1.04 bits per heavy atom. The minimum Gasteiger partial charge on any atom is -0.494 e. The lowest BCUT2D eigenvalue weighted by molar-refractivity contribution is 0.309. The number of H-pyrrole nitrogens is 1. The quantitative estimate of drug-likeness (QED) is 0.653. The first kappa shape index (κ1) is 16.2. The number of aromatic amines is 1. The van der Waals surface area contributed by atoms with E-state index < -0.39 is 0 Å². The maximum absolute atomic E-state index is 5.77. The van der Waals surface area contributed by atoms with Crippen molar-refractivity contribution in [3.05, 3.63) is 36.4 Å². The molecule has 0 saturated heterocycles. The molecule has 126 valence electrons. The largest absolute Gasteiger partial charge is 0.494 e. The van der Waals surface area contributed by atoms with Crippen molar-refractivity contribution in [3.63, 3.8) is 0 Å². The van der Waals surface area contributed by atoms with Crippen LogP contribution in [0.25, 0.3) is 22.4 Å². The fourth-order valence-electron chi connectivity index (χ4n) is 2.54. The monoisotopic (exact) mass is 326 g/mol. The Hall–Kier alpha value is -2.69. The Morgan fingerprint density at radius 3 is 2.58 bits per heavy atom. The van der Waals surface area contributed by atoms with Crippen molar-refractivity contribution in [1.82, 2.24) is 9.97 Å². The summed E-state index contributed by atoms with van der Waals surface area (Å²) in [4.78, 5) is 7.99. The van der Waals surface area contributed by atoms with Gasteiger partial charge in [0.2, 0.25) is 0 Å². The van der Waals surface area contributed by atoms with Crippen LogP contribution in [0, 0.1) is 0 Å². The molecule has 0 unspecified atom stereocenters.